The van der Waals surface area contributed by atoms with Crippen LogP contribution in [0.3, 0.4) is 0 Å². The Balaban J connectivity index is 2.40. The van der Waals surface area contributed by atoms with Crippen LogP contribution in [0.1, 0.15) is 0 Å². The molecule has 0 bridgehead atoms. The molecule has 0 amide bonds. The number of hydrogen-bond acceptors (Lipinski definition) is 5. The van der Waals surface area contributed by atoms with Crippen LogP contribution < -0.4 is 5.32 Å². The van der Waals surface area contributed by atoms with Gasteiger partial charge in [-0.15, -0.1) is 0 Å². The molecule has 18 heavy (non-hydrogen) atoms. The fraction of sp³-hybridized carbons (Fsp3) is 0. The molecule has 1 aromatic carbocycles. The first-order valence-corrected chi connectivity index (χ1v) is 6.21. The van der Waals surface area contributed by atoms with E-state index in [2.05, 4.69) is 37.9 Å². The maximum atomic E-state index is 10.9. The average molecular weight is 377 g/mol. The number of hydrogen-bond donors (Lipinski definition) is 1. The van der Waals surface area contributed by atoms with E-state index in [1.807, 2.05) is 18.2 Å². The van der Waals surface area contributed by atoms with Crippen molar-refractivity contribution in [2.24, 2.45) is 0 Å². The minimum atomic E-state index is -0.613. The molecule has 0 saturated heterocycles. The number of rotatable bonds is 3. The van der Waals surface area contributed by atoms with Crippen LogP contribution in [0, 0.1) is 13.7 Å². The maximum absolute atomic E-state index is 10.9. The molecule has 6 nitrogen and oxygen atoms in total. The van der Waals surface area contributed by atoms with E-state index in [0.717, 1.165) is 3.57 Å². The highest BCUT2D eigenvalue weighted by Crippen LogP contribution is 2.30. The molecule has 0 unspecified atom stereocenters. The molecule has 2 aromatic rings. The molecule has 0 fully saturated rings. The van der Waals surface area contributed by atoms with Gasteiger partial charge in [0, 0.05) is 9.26 Å². The zero-order valence-corrected chi connectivity index (χ0v) is 11.7. The first kappa shape index (κ1) is 13.0. The smallest absolute Gasteiger partial charge is 0.334 e. The summed E-state index contributed by atoms with van der Waals surface area (Å²) in [7, 11) is 0. The summed E-state index contributed by atoms with van der Waals surface area (Å²) in [5.74, 6) is 0.0713. The van der Waals surface area contributed by atoms with Crippen molar-refractivity contribution >= 4 is 51.4 Å². The first-order chi connectivity index (χ1) is 8.58. The zero-order chi connectivity index (χ0) is 13.1. The minimum Gasteiger partial charge on any atom is -0.334 e. The van der Waals surface area contributed by atoms with Crippen LogP contribution >= 0.6 is 34.2 Å². The van der Waals surface area contributed by atoms with Crippen molar-refractivity contribution in [3.63, 3.8) is 0 Å². The third-order valence-electron chi connectivity index (χ3n) is 2.05. The molecule has 0 aliphatic carbocycles. The van der Waals surface area contributed by atoms with E-state index in [1.165, 1.54) is 6.33 Å². The number of anilines is 2. The summed E-state index contributed by atoms with van der Waals surface area (Å²) in [6, 6.07) is 7.36. The third kappa shape index (κ3) is 2.85. The molecule has 8 heteroatoms. The molecule has 1 aromatic heterocycles. The summed E-state index contributed by atoms with van der Waals surface area (Å²) < 4.78 is 1.00. The van der Waals surface area contributed by atoms with Gasteiger partial charge in [-0.2, -0.15) is 0 Å². The Kier molecular flexibility index (Phi) is 3.92. The molecular weight excluding hydrogens is 370 g/mol. The van der Waals surface area contributed by atoms with Crippen molar-refractivity contribution in [2.75, 3.05) is 5.32 Å². The highest BCUT2D eigenvalue weighted by molar-refractivity contribution is 14.1. The summed E-state index contributed by atoms with van der Waals surface area (Å²) in [4.78, 5) is 17.7. The van der Waals surface area contributed by atoms with Crippen LogP contribution in [0.4, 0.5) is 17.2 Å². The van der Waals surface area contributed by atoms with Gasteiger partial charge < -0.3 is 5.32 Å². The Hall–Kier alpha value is -1.48. The van der Waals surface area contributed by atoms with E-state index in [-0.39, 0.29) is 16.7 Å². The molecular formula is C10H6ClIN4O2. The topological polar surface area (TPSA) is 81.0 Å². The lowest BCUT2D eigenvalue weighted by atomic mass is 10.3. The normalized spacial score (nSPS) is 10.1. The summed E-state index contributed by atoms with van der Waals surface area (Å²) >= 11 is 7.83. The summed E-state index contributed by atoms with van der Waals surface area (Å²) in [5.41, 5.74) is 0.359. The highest BCUT2D eigenvalue weighted by Gasteiger charge is 2.21. The third-order valence-corrected chi connectivity index (χ3v) is 3.00. The number of aromatic nitrogens is 2. The molecule has 0 spiro atoms. The fourth-order valence-electron chi connectivity index (χ4n) is 1.31. The second kappa shape index (κ2) is 5.44. The van der Waals surface area contributed by atoms with Gasteiger partial charge in [0.05, 0.1) is 4.92 Å². The standard InChI is InChI=1S/C10H6ClIN4O2/c11-9-8(16(17)18)10(14-5-13-9)15-7-3-1-2-6(12)4-7/h1-5H,(H,13,14,15). The predicted molar refractivity (Wildman–Crippen MR) is 76.1 cm³/mol. The lowest BCUT2D eigenvalue weighted by molar-refractivity contribution is -0.384. The monoisotopic (exact) mass is 376 g/mol. The van der Waals surface area contributed by atoms with Crippen molar-refractivity contribution in [1.29, 1.82) is 0 Å². The SMILES string of the molecule is O=[N+]([O-])c1c(Cl)ncnc1Nc1cccc(I)c1. The second-order valence-corrected chi connectivity index (χ2v) is 4.86. The molecule has 1 heterocycles. The Labute approximate surface area is 121 Å². The average Bonchev–Trinajstić information content (AvgIpc) is 2.28. The second-order valence-electron chi connectivity index (χ2n) is 3.25. The summed E-state index contributed by atoms with van der Waals surface area (Å²) in [6.07, 6.45) is 1.17. The number of nitro groups is 1. The van der Waals surface area contributed by atoms with Gasteiger partial charge in [0.15, 0.2) is 0 Å². The Morgan fingerprint density at radius 1 is 1.39 bits per heavy atom. The largest absolute Gasteiger partial charge is 0.348 e. The van der Waals surface area contributed by atoms with Gasteiger partial charge in [0.1, 0.15) is 6.33 Å². The van der Waals surface area contributed by atoms with Crippen molar-refractivity contribution in [3.05, 3.63) is 49.4 Å². The quantitative estimate of drug-likeness (QED) is 0.384. The van der Waals surface area contributed by atoms with E-state index >= 15 is 0 Å². The Morgan fingerprint density at radius 3 is 2.83 bits per heavy atom. The molecule has 0 aliphatic heterocycles. The van der Waals surface area contributed by atoms with Gasteiger partial charge in [0.25, 0.3) is 0 Å². The van der Waals surface area contributed by atoms with Gasteiger partial charge in [-0.25, -0.2) is 9.97 Å². The van der Waals surface area contributed by atoms with Crippen LogP contribution in [0.25, 0.3) is 0 Å². The molecule has 0 aliphatic rings. The van der Waals surface area contributed by atoms with Gasteiger partial charge in [-0.05, 0) is 40.8 Å². The van der Waals surface area contributed by atoms with Gasteiger partial charge in [-0.1, -0.05) is 17.7 Å². The molecule has 92 valence electrons. The Bertz CT molecular complexity index is 608. The van der Waals surface area contributed by atoms with Crippen LogP contribution in [0.5, 0.6) is 0 Å². The van der Waals surface area contributed by atoms with E-state index in [9.17, 15) is 10.1 Å². The number of nitrogens with zero attached hydrogens (tertiary/aromatic N) is 3. The Morgan fingerprint density at radius 2 is 2.17 bits per heavy atom. The lowest BCUT2D eigenvalue weighted by Gasteiger charge is -2.06. The number of nitrogens with one attached hydrogen (secondary N) is 1. The summed E-state index contributed by atoms with van der Waals surface area (Å²) in [5, 5.41) is 13.6. The first-order valence-electron chi connectivity index (χ1n) is 4.75. The van der Waals surface area contributed by atoms with Crippen LogP contribution in [-0.2, 0) is 0 Å². The molecule has 0 radical (unpaired) electrons. The van der Waals surface area contributed by atoms with Crippen molar-refractivity contribution in [3.8, 4) is 0 Å². The minimum absolute atomic E-state index is 0.0713. The number of benzene rings is 1. The van der Waals surface area contributed by atoms with Crippen molar-refractivity contribution < 1.29 is 4.92 Å². The van der Waals surface area contributed by atoms with Gasteiger partial charge in [-0.3, -0.25) is 10.1 Å². The van der Waals surface area contributed by atoms with Crippen molar-refractivity contribution in [2.45, 2.75) is 0 Å². The zero-order valence-electron chi connectivity index (χ0n) is 8.80. The van der Waals surface area contributed by atoms with E-state index in [1.54, 1.807) is 6.07 Å². The molecule has 1 N–H and O–H groups in total. The lowest BCUT2D eigenvalue weighted by Crippen LogP contribution is -2.01. The van der Waals surface area contributed by atoms with Crippen LogP contribution in [0.15, 0.2) is 30.6 Å². The van der Waals surface area contributed by atoms with Gasteiger partial charge in [0.2, 0.25) is 11.0 Å². The predicted octanol–water partition coefficient (Wildman–Crippen LogP) is 3.39. The van der Waals surface area contributed by atoms with Crippen molar-refractivity contribution in [1.82, 2.24) is 9.97 Å². The van der Waals surface area contributed by atoms with Gasteiger partial charge >= 0.3 is 5.69 Å². The fourth-order valence-corrected chi connectivity index (χ4v) is 2.06. The number of halogens is 2. The molecule has 2 rings (SSSR count). The van der Waals surface area contributed by atoms with E-state index < -0.39 is 4.92 Å². The summed E-state index contributed by atoms with van der Waals surface area (Å²) in [6.45, 7) is 0. The van der Waals surface area contributed by atoms with Crippen LogP contribution in [0.2, 0.25) is 5.15 Å². The maximum Gasteiger partial charge on any atom is 0.348 e. The molecule has 0 saturated carbocycles. The highest BCUT2D eigenvalue weighted by atomic mass is 127. The van der Waals surface area contributed by atoms with E-state index in [4.69, 9.17) is 11.6 Å². The molecule has 0 atom stereocenters. The van der Waals surface area contributed by atoms with E-state index in [0.29, 0.717) is 5.69 Å². The van der Waals surface area contributed by atoms with Crippen LogP contribution in [-0.4, -0.2) is 14.9 Å².